The molecule has 0 unspecified atom stereocenters. The van der Waals surface area contributed by atoms with E-state index in [2.05, 4.69) is 4.98 Å². The van der Waals surface area contributed by atoms with Gasteiger partial charge in [-0.15, -0.1) is 0 Å². The van der Waals surface area contributed by atoms with E-state index in [1.807, 2.05) is 32.0 Å². The van der Waals surface area contributed by atoms with Gasteiger partial charge in [-0.3, -0.25) is 0 Å². The molecular weight excluding hydrogens is 268 g/mol. The summed E-state index contributed by atoms with van der Waals surface area (Å²) in [6, 6.07) is 7.34. The van der Waals surface area contributed by atoms with Gasteiger partial charge >= 0.3 is 5.97 Å². The molecule has 0 saturated carbocycles. The molecule has 2 aromatic rings. The maximum atomic E-state index is 11.8. The van der Waals surface area contributed by atoms with E-state index in [9.17, 15) is 4.79 Å². The number of nitrogens with two attached hydrogens (primary N) is 1. The highest BCUT2D eigenvalue weighted by Crippen LogP contribution is 2.25. The molecule has 1 aromatic heterocycles. The van der Waals surface area contributed by atoms with Crippen LogP contribution in [0.2, 0.25) is 0 Å². The largest absolute Gasteiger partial charge is 0.462 e. The Balaban J connectivity index is 2.28. The Morgan fingerprint density at radius 1 is 1.19 bits per heavy atom. The number of pyridine rings is 1. The van der Waals surface area contributed by atoms with Crippen molar-refractivity contribution in [3.63, 3.8) is 0 Å². The Bertz CT molecular complexity index is 648. The number of aryl methyl sites for hydroxylation is 2. The summed E-state index contributed by atoms with van der Waals surface area (Å²) in [4.78, 5) is 15.9. The van der Waals surface area contributed by atoms with Crippen molar-refractivity contribution in [1.82, 2.24) is 4.98 Å². The van der Waals surface area contributed by atoms with Gasteiger partial charge < -0.3 is 15.2 Å². The highest BCUT2D eigenvalue weighted by Gasteiger charge is 2.13. The summed E-state index contributed by atoms with van der Waals surface area (Å²) < 4.78 is 10.6. The standard InChI is InChI=1S/C16H18N2O3/c1-4-20-16(19)13-8-15(18-9-14(13)17)21-12-6-10(2)5-11(3)7-12/h5-9H,4,17H2,1-3H3. The maximum absolute atomic E-state index is 11.8. The number of carbonyl (C=O) groups excluding carboxylic acids is 1. The van der Waals surface area contributed by atoms with Crippen LogP contribution < -0.4 is 10.5 Å². The predicted molar refractivity (Wildman–Crippen MR) is 80.6 cm³/mol. The van der Waals surface area contributed by atoms with Gasteiger partial charge in [-0.25, -0.2) is 9.78 Å². The fraction of sp³-hybridized carbons (Fsp3) is 0.250. The molecule has 0 spiro atoms. The van der Waals surface area contributed by atoms with Crippen LogP contribution in [-0.2, 0) is 4.74 Å². The van der Waals surface area contributed by atoms with Gasteiger partial charge in [0, 0.05) is 6.07 Å². The van der Waals surface area contributed by atoms with Gasteiger partial charge in [0.15, 0.2) is 0 Å². The zero-order valence-electron chi connectivity index (χ0n) is 12.3. The van der Waals surface area contributed by atoms with E-state index in [0.717, 1.165) is 11.1 Å². The van der Waals surface area contributed by atoms with Crippen LogP contribution in [0.15, 0.2) is 30.5 Å². The lowest BCUT2D eigenvalue weighted by atomic mass is 10.1. The first-order valence-corrected chi connectivity index (χ1v) is 6.68. The molecular formula is C16H18N2O3. The Morgan fingerprint density at radius 3 is 2.48 bits per heavy atom. The van der Waals surface area contributed by atoms with Crippen molar-refractivity contribution in [2.75, 3.05) is 12.3 Å². The molecule has 0 bridgehead atoms. The number of aromatic nitrogens is 1. The molecule has 2 N–H and O–H groups in total. The van der Waals surface area contributed by atoms with E-state index >= 15 is 0 Å². The topological polar surface area (TPSA) is 74.4 Å². The average molecular weight is 286 g/mol. The van der Waals surface area contributed by atoms with E-state index in [4.69, 9.17) is 15.2 Å². The van der Waals surface area contributed by atoms with Gasteiger partial charge in [0.05, 0.1) is 24.1 Å². The molecule has 110 valence electrons. The quantitative estimate of drug-likeness (QED) is 0.873. The summed E-state index contributed by atoms with van der Waals surface area (Å²) >= 11 is 0. The molecule has 1 heterocycles. The average Bonchev–Trinajstić information content (AvgIpc) is 2.40. The van der Waals surface area contributed by atoms with E-state index < -0.39 is 5.97 Å². The van der Waals surface area contributed by atoms with Gasteiger partial charge in [-0.2, -0.15) is 0 Å². The van der Waals surface area contributed by atoms with Crippen molar-refractivity contribution >= 4 is 11.7 Å². The smallest absolute Gasteiger partial charge is 0.340 e. The van der Waals surface area contributed by atoms with E-state index in [-0.39, 0.29) is 17.9 Å². The first-order chi connectivity index (χ1) is 9.99. The van der Waals surface area contributed by atoms with Crippen LogP contribution in [0.1, 0.15) is 28.4 Å². The monoisotopic (exact) mass is 286 g/mol. The Kier molecular flexibility index (Phi) is 4.42. The number of carbonyl (C=O) groups is 1. The van der Waals surface area contributed by atoms with Gasteiger partial charge in [0.1, 0.15) is 5.75 Å². The molecule has 0 aliphatic heterocycles. The molecule has 0 radical (unpaired) electrons. The number of esters is 1. The highest BCUT2D eigenvalue weighted by atomic mass is 16.5. The van der Waals surface area contributed by atoms with E-state index in [1.165, 1.54) is 12.3 Å². The van der Waals surface area contributed by atoms with Crippen LogP contribution in [0, 0.1) is 13.8 Å². The second-order valence-electron chi connectivity index (χ2n) is 4.76. The fourth-order valence-corrected chi connectivity index (χ4v) is 2.00. The van der Waals surface area contributed by atoms with E-state index in [1.54, 1.807) is 6.92 Å². The van der Waals surface area contributed by atoms with Crippen molar-refractivity contribution in [3.05, 3.63) is 47.2 Å². The van der Waals surface area contributed by atoms with Crippen molar-refractivity contribution in [1.29, 1.82) is 0 Å². The number of nitrogen functional groups attached to an aromatic ring is 1. The summed E-state index contributed by atoms with van der Waals surface area (Å²) in [6.07, 6.45) is 1.39. The van der Waals surface area contributed by atoms with Gasteiger partial charge in [0.2, 0.25) is 5.88 Å². The second kappa shape index (κ2) is 6.26. The molecule has 2 rings (SSSR count). The summed E-state index contributed by atoms with van der Waals surface area (Å²) in [5.41, 5.74) is 8.44. The van der Waals surface area contributed by atoms with Crippen LogP contribution in [0.25, 0.3) is 0 Å². The Labute approximate surface area is 123 Å². The number of anilines is 1. The molecule has 0 saturated heterocycles. The molecule has 1 aromatic carbocycles. The highest BCUT2D eigenvalue weighted by molar-refractivity contribution is 5.95. The maximum Gasteiger partial charge on any atom is 0.340 e. The van der Waals surface area contributed by atoms with Gasteiger partial charge in [-0.1, -0.05) is 6.07 Å². The zero-order chi connectivity index (χ0) is 15.4. The third-order valence-electron chi connectivity index (χ3n) is 2.82. The normalized spacial score (nSPS) is 10.2. The molecule has 0 amide bonds. The van der Waals surface area contributed by atoms with E-state index in [0.29, 0.717) is 11.6 Å². The molecule has 0 aliphatic rings. The third-order valence-corrected chi connectivity index (χ3v) is 2.82. The second-order valence-corrected chi connectivity index (χ2v) is 4.76. The van der Waals surface area contributed by atoms with Crippen LogP contribution in [0.3, 0.4) is 0 Å². The molecule has 5 nitrogen and oxygen atoms in total. The minimum atomic E-state index is -0.484. The van der Waals surface area contributed by atoms with Gasteiger partial charge in [0.25, 0.3) is 0 Å². The van der Waals surface area contributed by atoms with Crippen LogP contribution in [-0.4, -0.2) is 17.6 Å². The van der Waals surface area contributed by atoms with Crippen LogP contribution >= 0.6 is 0 Å². The number of rotatable bonds is 4. The minimum Gasteiger partial charge on any atom is -0.462 e. The SMILES string of the molecule is CCOC(=O)c1cc(Oc2cc(C)cc(C)c2)ncc1N. The summed E-state index contributed by atoms with van der Waals surface area (Å²) in [7, 11) is 0. The third kappa shape index (κ3) is 3.72. The predicted octanol–water partition coefficient (Wildman–Crippen LogP) is 3.25. The summed E-state index contributed by atoms with van der Waals surface area (Å²) in [5.74, 6) is 0.486. The lowest BCUT2D eigenvalue weighted by Crippen LogP contribution is -2.08. The van der Waals surface area contributed by atoms with Gasteiger partial charge in [-0.05, 0) is 44.0 Å². The van der Waals surface area contributed by atoms with Crippen molar-refractivity contribution in [2.24, 2.45) is 0 Å². The van der Waals surface area contributed by atoms with Crippen LogP contribution in [0.5, 0.6) is 11.6 Å². The first-order valence-electron chi connectivity index (χ1n) is 6.68. The van der Waals surface area contributed by atoms with Crippen molar-refractivity contribution in [2.45, 2.75) is 20.8 Å². The molecule has 0 atom stereocenters. The number of hydrogen-bond acceptors (Lipinski definition) is 5. The lowest BCUT2D eigenvalue weighted by molar-refractivity contribution is 0.0527. The molecule has 0 aliphatic carbocycles. The first kappa shape index (κ1) is 14.8. The molecule has 0 fully saturated rings. The molecule has 21 heavy (non-hydrogen) atoms. The Morgan fingerprint density at radius 2 is 1.86 bits per heavy atom. The number of hydrogen-bond donors (Lipinski definition) is 1. The number of benzene rings is 1. The van der Waals surface area contributed by atoms with Crippen molar-refractivity contribution < 1.29 is 14.3 Å². The zero-order valence-corrected chi connectivity index (χ0v) is 12.3. The molecule has 5 heteroatoms. The summed E-state index contributed by atoms with van der Waals surface area (Å²) in [5, 5.41) is 0. The van der Waals surface area contributed by atoms with Crippen molar-refractivity contribution in [3.8, 4) is 11.6 Å². The fourth-order valence-electron chi connectivity index (χ4n) is 2.00. The minimum absolute atomic E-state index is 0.256. The Hall–Kier alpha value is -2.56. The number of nitrogens with zero attached hydrogens (tertiary/aromatic N) is 1. The lowest BCUT2D eigenvalue weighted by Gasteiger charge is -2.09. The summed E-state index contributed by atoms with van der Waals surface area (Å²) in [6.45, 7) is 6.00. The number of ether oxygens (including phenoxy) is 2. The van der Waals surface area contributed by atoms with Crippen LogP contribution in [0.4, 0.5) is 5.69 Å².